The van der Waals surface area contributed by atoms with Crippen LogP contribution < -0.4 is 4.31 Å². The topological polar surface area (TPSA) is 12.5 Å². The molecule has 2 heterocycles. The van der Waals surface area contributed by atoms with Gasteiger partial charge < -0.3 is 0 Å². The summed E-state index contributed by atoms with van der Waals surface area (Å²) >= 11 is 0. The number of para-hydroxylation sites is 1. The van der Waals surface area contributed by atoms with Crippen molar-refractivity contribution in [2.75, 3.05) is 4.31 Å². The third kappa shape index (κ3) is 3.33. The lowest BCUT2D eigenvalue weighted by atomic mass is 9.86. The van der Waals surface area contributed by atoms with E-state index in [0.29, 0.717) is 12.1 Å². The van der Waals surface area contributed by atoms with Gasteiger partial charge in [0, 0.05) is 16.1 Å². The second-order valence-corrected chi connectivity index (χ2v) is 11.6. The van der Waals surface area contributed by atoms with Crippen LogP contribution in [0.1, 0.15) is 16.4 Å². The summed E-state index contributed by atoms with van der Waals surface area (Å²) in [6.07, 6.45) is -25.1. The molecule has 3 aromatic rings. The predicted octanol–water partition coefficient (Wildman–Crippen LogP) is 9.16. The molecule has 5 rings (SSSR count). The monoisotopic (exact) mass is 605 g/mol. The van der Waals surface area contributed by atoms with Gasteiger partial charge in [-0.25, -0.2) is 0 Å². The molecule has 0 amide bonds. The number of alkyl halides is 12. The Kier molecular flexibility index (Phi) is 6.03. The summed E-state index contributed by atoms with van der Waals surface area (Å²) in [5.41, 5.74) is -13.5. The Morgan fingerprint density at radius 1 is 0.575 bits per heavy atom. The highest BCUT2D eigenvalue weighted by molar-refractivity contribution is 8.32. The molecule has 1 spiro atoms. The van der Waals surface area contributed by atoms with Crippen LogP contribution in [0.4, 0.5) is 58.4 Å². The van der Waals surface area contributed by atoms with Gasteiger partial charge >= 0.3 is 24.7 Å². The number of anilines is 1. The van der Waals surface area contributed by atoms with Crippen molar-refractivity contribution in [1.29, 1.82) is 0 Å². The Balaban J connectivity index is 1.99. The summed E-state index contributed by atoms with van der Waals surface area (Å²) in [5, 5.41) is -3.07. The Hall–Kier alpha value is -3.07. The number of hydrogen-bond donors (Lipinski definition) is 0. The molecule has 3 aromatic carbocycles. The van der Waals surface area contributed by atoms with Crippen molar-refractivity contribution in [3.05, 3.63) is 96.1 Å². The van der Waals surface area contributed by atoms with E-state index in [9.17, 15) is 52.7 Å². The van der Waals surface area contributed by atoms with Crippen molar-refractivity contribution in [3.8, 4) is 0 Å². The zero-order valence-corrected chi connectivity index (χ0v) is 20.3. The SMILES string of the molecule is FC(F)(F)C1(C(F)(F)F)OS2(c3ccccc31)[C@@H](c1ccccc1)C(C(F)(F)F)(C(F)(F)F)N2c1ccccc1. The molecule has 1 saturated heterocycles. The van der Waals surface area contributed by atoms with Crippen LogP contribution in [0.2, 0.25) is 0 Å². The molecule has 1 fully saturated rings. The van der Waals surface area contributed by atoms with Gasteiger partial charge in [-0.05, 0) is 34.3 Å². The van der Waals surface area contributed by atoms with Crippen LogP contribution in [-0.4, -0.2) is 30.2 Å². The Morgan fingerprint density at radius 2 is 1.02 bits per heavy atom. The van der Waals surface area contributed by atoms with E-state index >= 15 is 0 Å². The zero-order valence-electron chi connectivity index (χ0n) is 19.5. The summed E-state index contributed by atoms with van der Waals surface area (Å²) in [5.74, 6) is 0. The second-order valence-electron chi connectivity index (χ2n) is 9.01. The minimum absolute atomic E-state index is 0.366. The van der Waals surface area contributed by atoms with Gasteiger partial charge in [0.1, 0.15) is 0 Å². The maximum absolute atomic E-state index is 14.9. The lowest BCUT2D eigenvalue weighted by Crippen LogP contribution is -2.79. The maximum Gasteiger partial charge on any atom is 0.432 e. The van der Waals surface area contributed by atoms with Gasteiger partial charge in [0.25, 0.3) is 11.1 Å². The molecule has 40 heavy (non-hydrogen) atoms. The van der Waals surface area contributed by atoms with Gasteiger partial charge in [0.15, 0.2) is 0 Å². The van der Waals surface area contributed by atoms with Crippen LogP contribution in [0, 0.1) is 0 Å². The van der Waals surface area contributed by atoms with Gasteiger partial charge in [-0.15, -0.1) is 0 Å². The third-order valence-electron chi connectivity index (χ3n) is 6.88. The number of halogens is 12. The summed E-state index contributed by atoms with van der Waals surface area (Å²) in [6, 6.07) is 12.3. The Morgan fingerprint density at radius 3 is 1.50 bits per heavy atom. The fourth-order valence-electron chi connectivity index (χ4n) is 5.44. The Bertz CT molecular complexity index is 1320. The first kappa shape index (κ1) is 28.5. The van der Waals surface area contributed by atoms with Crippen molar-refractivity contribution in [2.45, 2.75) is 46.0 Å². The summed E-state index contributed by atoms with van der Waals surface area (Å²) in [7, 11) is -4.90. The lowest BCUT2D eigenvalue weighted by Gasteiger charge is -2.72. The normalized spacial score (nSPS) is 25.7. The van der Waals surface area contributed by atoms with Crippen molar-refractivity contribution < 1.29 is 56.9 Å². The molecule has 0 radical (unpaired) electrons. The number of benzene rings is 3. The Labute approximate surface area is 219 Å². The van der Waals surface area contributed by atoms with E-state index in [1.807, 2.05) is 0 Å². The van der Waals surface area contributed by atoms with Crippen LogP contribution >= 0.6 is 10.5 Å². The molecule has 0 bridgehead atoms. The summed E-state index contributed by atoms with van der Waals surface area (Å²) in [4.78, 5) is -1.05. The quantitative estimate of drug-likeness (QED) is 0.270. The zero-order chi connectivity index (χ0) is 29.6. The van der Waals surface area contributed by atoms with E-state index in [1.165, 1.54) is 12.1 Å². The molecule has 1 unspecified atom stereocenters. The van der Waals surface area contributed by atoms with E-state index < -0.39 is 77.6 Å². The van der Waals surface area contributed by atoms with Gasteiger partial charge in [-0.2, -0.15) is 52.7 Å². The molecule has 2 aliphatic rings. The van der Waals surface area contributed by atoms with E-state index in [-0.39, 0.29) is 0 Å². The van der Waals surface area contributed by atoms with E-state index in [2.05, 4.69) is 0 Å². The van der Waals surface area contributed by atoms with Crippen molar-refractivity contribution >= 4 is 16.2 Å². The minimum Gasteiger partial charge on any atom is -0.285 e. The van der Waals surface area contributed by atoms with E-state index in [4.69, 9.17) is 4.18 Å². The van der Waals surface area contributed by atoms with Gasteiger partial charge in [-0.1, -0.05) is 66.7 Å². The fourth-order valence-corrected chi connectivity index (χ4v) is 10.2. The first-order valence-corrected chi connectivity index (χ1v) is 12.8. The number of fused-ring (bicyclic) bond motifs is 2. The van der Waals surface area contributed by atoms with E-state index in [0.717, 1.165) is 60.7 Å². The number of rotatable bonds is 2. The van der Waals surface area contributed by atoms with Gasteiger partial charge in [0.05, 0.1) is 5.25 Å². The highest BCUT2D eigenvalue weighted by atomic mass is 32.3. The van der Waals surface area contributed by atoms with Crippen LogP contribution in [0.25, 0.3) is 0 Å². The largest absolute Gasteiger partial charge is 0.432 e. The first-order chi connectivity index (χ1) is 18.4. The smallest absolute Gasteiger partial charge is 0.285 e. The minimum atomic E-state index is -6.32. The average molecular weight is 605 g/mol. The molecule has 0 aliphatic carbocycles. The summed E-state index contributed by atoms with van der Waals surface area (Å²) < 4.78 is 181. The predicted molar refractivity (Wildman–Crippen MR) is 120 cm³/mol. The van der Waals surface area contributed by atoms with Crippen LogP contribution in [0.15, 0.2) is 89.8 Å². The average Bonchev–Trinajstić information content (AvgIpc) is 3.17. The van der Waals surface area contributed by atoms with Crippen molar-refractivity contribution in [2.24, 2.45) is 0 Å². The second kappa shape index (κ2) is 8.47. The van der Waals surface area contributed by atoms with Crippen LogP contribution in [-0.2, 0) is 9.78 Å². The molecule has 2 aliphatic heterocycles. The molecule has 0 N–H and O–H groups in total. The van der Waals surface area contributed by atoms with Crippen LogP contribution in [0.3, 0.4) is 0 Å². The molecular formula is C25H15F12NOS. The van der Waals surface area contributed by atoms with E-state index in [1.54, 1.807) is 0 Å². The molecule has 0 saturated carbocycles. The molecule has 216 valence electrons. The highest BCUT2D eigenvalue weighted by Gasteiger charge is 2.93. The van der Waals surface area contributed by atoms with Gasteiger partial charge in [-0.3, -0.25) is 8.49 Å². The molecule has 0 aromatic heterocycles. The third-order valence-corrected chi connectivity index (χ3v) is 10.7. The van der Waals surface area contributed by atoms with Gasteiger partial charge in [0.2, 0.25) is 0 Å². The number of hydrogen-bond acceptors (Lipinski definition) is 2. The fraction of sp³-hybridized carbons (Fsp3) is 0.280. The first-order valence-electron chi connectivity index (χ1n) is 11.2. The molecule has 2 atom stereocenters. The lowest BCUT2D eigenvalue weighted by molar-refractivity contribution is -0.362. The van der Waals surface area contributed by atoms with Crippen LogP contribution in [0.5, 0.6) is 0 Å². The summed E-state index contributed by atoms with van der Waals surface area (Å²) in [6.45, 7) is 0. The molecular weight excluding hydrogens is 590 g/mol. The van der Waals surface area contributed by atoms with Crippen molar-refractivity contribution in [3.63, 3.8) is 0 Å². The number of nitrogens with zero attached hydrogens (tertiary/aromatic N) is 1. The highest BCUT2D eigenvalue weighted by Crippen LogP contribution is 2.92. The standard InChI is InChI=1S/C25H15F12NOS/c26-22(27,28)20(23(29,30)31)19(15-9-3-1-4-10-15)40(38(20)16-11-5-2-6-12-16)18-14-8-7-13-17(18)21(39-40,24(32,33)34)25(35,36)37/h1-14,19H/t19-/m0/s1. The molecule has 2 nitrogen and oxygen atoms in total. The molecule has 15 heteroatoms. The van der Waals surface area contributed by atoms with Crippen molar-refractivity contribution in [1.82, 2.24) is 0 Å². The maximum atomic E-state index is 14.9.